The fraction of sp³-hybridized carbons (Fsp3) is 0.500. The summed E-state index contributed by atoms with van der Waals surface area (Å²) in [6, 6.07) is 5.85. The molecule has 3 rings (SSSR count). The van der Waals surface area contributed by atoms with Gasteiger partial charge in [-0.25, -0.2) is 0 Å². The largest absolute Gasteiger partial charge is 0.508 e. The highest BCUT2D eigenvalue weighted by Crippen LogP contribution is 2.57. The second kappa shape index (κ2) is 3.28. The van der Waals surface area contributed by atoms with Gasteiger partial charge in [-0.15, -0.1) is 0 Å². The normalized spacial score (nSPS) is 19.9. The van der Waals surface area contributed by atoms with Crippen LogP contribution in [0.15, 0.2) is 18.2 Å². The number of phenolic OH excluding ortho intramolecular Hbond substituents is 1. The zero-order valence-electron chi connectivity index (χ0n) is 8.45. The Morgan fingerprint density at radius 3 is 2.50 bits per heavy atom. The first-order chi connectivity index (χ1) is 6.80. The van der Waals surface area contributed by atoms with Crippen molar-refractivity contribution in [2.24, 2.45) is 0 Å². The predicted octanol–water partition coefficient (Wildman–Crippen LogP) is 1.98. The molecule has 1 aromatic rings. The number of benzene rings is 1. The van der Waals surface area contributed by atoms with Crippen molar-refractivity contribution in [1.82, 2.24) is 0 Å². The van der Waals surface area contributed by atoms with Crippen molar-refractivity contribution >= 4 is 0 Å². The summed E-state index contributed by atoms with van der Waals surface area (Å²) in [5.74, 6) is 0.432. The quantitative estimate of drug-likeness (QED) is 0.660. The van der Waals surface area contributed by atoms with Gasteiger partial charge in [-0.1, -0.05) is 6.07 Å². The van der Waals surface area contributed by atoms with Crippen LogP contribution in [0.1, 0.15) is 30.4 Å². The molecule has 0 aliphatic heterocycles. The van der Waals surface area contributed by atoms with Gasteiger partial charge in [0.2, 0.25) is 0 Å². The fourth-order valence-corrected chi connectivity index (χ4v) is 2.45. The van der Waals surface area contributed by atoms with Crippen LogP contribution in [-0.2, 0) is 11.8 Å². The molecule has 0 unspecified atom stereocenters. The number of aryl methyl sites for hydroxylation is 1. The highest BCUT2D eigenvalue weighted by atomic mass is 16.3. The molecule has 2 N–H and O–H groups in total. The van der Waals surface area contributed by atoms with Crippen molar-refractivity contribution in [1.29, 1.82) is 0 Å². The molecule has 14 heavy (non-hydrogen) atoms. The molecule has 2 aliphatic rings. The minimum atomic E-state index is 0.432. The van der Waals surface area contributed by atoms with Gasteiger partial charge >= 0.3 is 0 Å². The van der Waals surface area contributed by atoms with Crippen LogP contribution in [0.3, 0.4) is 0 Å². The Morgan fingerprint density at radius 2 is 1.86 bits per heavy atom. The van der Waals surface area contributed by atoms with E-state index in [0.717, 1.165) is 7.11 Å². The summed E-state index contributed by atoms with van der Waals surface area (Å²) in [6.07, 6.45) is 5.20. The molecular formula is C12H16O2. The number of hydrogen-bond donors (Lipinski definition) is 2. The molecule has 0 bridgehead atoms. The first-order valence-electron chi connectivity index (χ1n) is 5.07. The van der Waals surface area contributed by atoms with Gasteiger partial charge in [-0.2, -0.15) is 0 Å². The van der Waals surface area contributed by atoms with Crippen molar-refractivity contribution in [3.63, 3.8) is 0 Å². The van der Waals surface area contributed by atoms with E-state index >= 15 is 0 Å². The summed E-state index contributed by atoms with van der Waals surface area (Å²) in [6.45, 7) is 0. The lowest BCUT2D eigenvalue weighted by Gasteiger charge is -2.07. The minimum absolute atomic E-state index is 0.432. The molecule has 1 spiro atoms. The summed E-state index contributed by atoms with van der Waals surface area (Å²) in [5, 5.41) is 16.4. The van der Waals surface area contributed by atoms with E-state index in [1.807, 2.05) is 6.07 Å². The van der Waals surface area contributed by atoms with Crippen molar-refractivity contribution in [2.45, 2.75) is 31.1 Å². The van der Waals surface area contributed by atoms with Gasteiger partial charge in [-0.3, -0.25) is 0 Å². The molecule has 0 radical (unpaired) electrons. The third-order valence-electron chi connectivity index (χ3n) is 3.39. The average Bonchev–Trinajstić information content (AvgIpc) is 2.91. The number of fused-ring (bicyclic) bond motifs is 2. The summed E-state index contributed by atoms with van der Waals surface area (Å²) < 4.78 is 0. The Balaban J connectivity index is 0.000000354. The van der Waals surface area contributed by atoms with Crippen LogP contribution in [0.25, 0.3) is 0 Å². The van der Waals surface area contributed by atoms with Crippen LogP contribution in [0.2, 0.25) is 0 Å². The molecule has 0 heterocycles. The third kappa shape index (κ3) is 1.30. The van der Waals surface area contributed by atoms with Crippen LogP contribution in [0.4, 0.5) is 0 Å². The second-order valence-electron chi connectivity index (χ2n) is 4.12. The van der Waals surface area contributed by atoms with E-state index in [-0.39, 0.29) is 0 Å². The fourth-order valence-electron chi connectivity index (χ4n) is 2.45. The zero-order chi connectivity index (χ0) is 10.2. The van der Waals surface area contributed by atoms with Crippen molar-refractivity contribution < 1.29 is 10.2 Å². The summed E-state index contributed by atoms with van der Waals surface area (Å²) in [5.41, 5.74) is 3.40. The van der Waals surface area contributed by atoms with E-state index in [2.05, 4.69) is 6.07 Å². The maximum Gasteiger partial charge on any atom is 0.115 e. The Labute approximate surface area is 84.2 Å². The third-order valence-corrected chi connectivity index (χ3v) is 3.39. The van der Waals surface area contributed by atoms with Crippen LogP contribution in [0, 0.1) is 0 Å². The molecule has 1 aromatic carbocycles. The van der Waals surface area contributed by atoms with Gasteiger partial charge in [0, 0.05) is 7.11 Å². The van der Waals surface area contributed by atoms with Gasteiger partial charge in [0.25, 0.3) is 0 Å². The molecule has 2 heteroatoms. The van der Waals surface area contributed by atoms with E-state index in [1.54, 1.807) is 6.07 Å². The molecule has 0 saturated heterocycles. The number of rotatable bonds is 0. The van der Waals surface area contributed by atoms with Crippen molar-refractivity contribution in [3.05, 3.63) is 29.3 Å². The minimum Gasteiger partial charge on any atom is -0.508 e. The monoisotopic (exact) mass is 192 g/mol. The average molecular weight is 192 g/mol. The smallest absolute Gasteiger partial charge is 0.115 e. The predicted molar refractivity (Wildman–Crippen MR) is 55.5 cm³/mol. The van der Waals surface area contributed by atoms with E-state index in [4.69, 9.17) is 5.11 Å². The Morgan fingerprint density at radius 1 is 1.14 bits per heavy atom. The highest BCUT2D eigenvalue weighted by Gasteiger charge is 2.48. The van der Waals surface area contributed by atoms with Crippen LogP contribution in [0.5, 0.6) is 5.75 Å². The van der Waals surface area contributed by atoms with E-state index < -0.39 is 0 Å². The van der Waals surface area contributed by atoms with Gasteiger partial charge in [-0.05, 0) is 54.4 Å². The molecule has 0 atom stereocenters. The maximum atomic E-state index is 9.36. The van der Waals surface area contributed by atoms with E-state index in [9.17, 15) is 5.11 Å². The lowest BCUT2D eigenvalue weighted by molar-refractivity contribution is 0.399. The summed E-state index contributed by atoms with van der Waals surface area (Å²) in [4.78, 5) is 0. The number of hydrogen-bond acceptors (Lipinski definition) is 2. The Hall–Kier alpha value is -1.02. The van der Waals surface area contributed by atoms with E-state index in [0.29, 0.717) is 11.2 Å². The molecule has 0 aromatic heterocycles. The molecular weight excluding hydrogens is 176 g/mol. The van der Waals surface area contributed by atoms with Crippen molar-refractivity contribution in [3.8, 4) is 5.75 Å². The molecule has 2 aliphatic carbocycles. The summed E-state index contributed by atoms with van der Waals surface area (Å²) >= 11 is 0. The first-order valence-corrected chi connectivity index (χ1v) is 5.07. The lowest BCUT2D eigenvalue weighted by Crippen LogP contribution is -1.98. The van der Waals surface area contributed by atoms with E-state index in [1.165, 1.54) is 36.8 Å². The standard InChI is InChI=1S/C11H12O.CH4O/c12-9-2-1-8-3-4-11(5-6-11)10(8)7-9;1-2/h1-2,7,12H,3-6H2;2H,1H3. The van der Waals surface area contributed by atoms with Gasteiger partial charge in [0.15, 0.2) is 0 Å². The van der Waals surface area contributed by atoms with Crippen LogP contribution < -0.4 is 0 Å². The maximum absolute atomic E-state index is 9.36. The SMILES string of the molecule is CO.Oc1ccc2c(c1)C1(CC2)CC1. The topological polar surface area (TPSA) is 40.5 Å². The zero-order valence-corrected chi connectivity index (χ0v) is 8.45. The summed E-state index contributed by atoms with van der Waals surface area (Å²) in [7, 11) is 1.00. The Kier molecular flexibility index (Phi) is 2.23. The van der Waals surface area contributed by atoms with Crippen LogP contribution >= 0.6 is 0 Å². The molecule has 2 nitrogen and oxygen atoms in total. The molecule has 1 fully saturated rings. The highest BCUT2D eigenvalue weighted by molar-refractivity contribution is 5.46. The molecule has 1 saturated carbocycles. The van der Waals surface area contributed by atoms with Gasteiger partial charge in [0.1, 0.15) is 5.75 Å². The van der Waals surface area contributed by atoms with Gasteiger partial charge in [0.05, 0.1) is 0 Å². The number of phenols is 1. The van der Waals surface area contributed by atoms with Crippen molar-refractivity contribution in [2.75, 3.05) is 7.11 Å². The number of aromatic hydroxyl groups is 1. The first kappa shape index (κ1) is 9.53. The van der Waals surface area contributed by atoms with Crippen LogP contribution in [-0.4, -0.2) is 17.3 Å². The number of aliphatic hydroxyl groups is 1. The Bertz CT molecular complexity index is 340. The molecule has 76 valence electrons. The lowest BCUT2D eigenvalue weighted by atomic mass is 9.98. The number of aliphatic hydroxyl groups excluding tert-OH is 1. The molecule has 0 amide bonds. The van der Waals surface area contributed by atoms with Gasteiger partial charge < -0.3 is 10.2 Å². The second-order valence-corrected chi connectivity index (χ2v) is 4.12.